The van der Waals surface area contributed by atoms with Gasteiger partial charge in [0.15, 0.2) is 23.6 Å². The zero-order valence-corrected chi connectivity index (χ0v) is 13.9. The first-order valence-corrected chi connectivity index (χ1v) is 7.41. The number of carbonyl (C=O) groups excluding carboxylic acids is 3. The van der Waals surface area contributed by atoms with Gasteiger partial charge in [-0.25, -0.2) is 0 Å². The van der Waals surface area contributed by atoms with Crippen LogP contribution in [0.5, 0.6) is 0 Å². The Morgan fingerprint density at radius 3 is 2.28 bits per heavy atom. The molecule has 0 saturated heterocycles. The summed E-state index contributed by atoms with van der Waals surface area (Å²) < 4.78 is 4.50. The van der Waals surface area contributed by atoms with Crippen LogP contribution < -0.4 is 0 Å². The van der Waals surface area contributed by atoms with Gasteiger partial charge in [0, 0.05) is 23.9 Å². The maximum atomic E-state index is 12.8. The number of aliphatic carboxylic acids is 2. The van der Waals surface area contributed by atoms with Gasteiger partial charge in [0.1, 0.15) is 0 Å². The fourth-order valence-corrected chi connectivity index (χ4v) is 2.35. The van der Waals surface area contributed by atoms with E-state index in [0.29, 0.717) is 0 Å². The van der Waals surface area contributed by atoms with Crippen molar-refractivity contribution < 1.29 is 38.9 Å². The van der Waals surface area contributed by atoms with E-state index in [4.69, 9.17) is 16.7 Å². The molecule has 1 rings (SSSR count). The van der Waals surface area contributed by atoms with E-state index < -0.39 is 54.3 Å². The van der Waals surface area contributed by atoms with Crippen LogP contribution in [0.1, 0.15) is 30.1 Å². The zero-order valence-electron chi connectivity index (χ0n) is 13.2. The summed E-state index contributed by atoms with van der Waals surface area (Å²) >= 11 is 5.78. The molecule has 134 valence electrons. The number of ether oxygens (including phenoxy) is 1. The molecule has 0 aliphatic carbocycles. The molecule has 8 nitrogen and oxygen atoms in total. The third-order valence-electron chi connectivity index (χ3n) is 3.44. The van der Waals surface area contributed by atoms with Crippen molar-refractivity contribution in [3.8, 4) is 0 Å². The van der Waals surface area contributed by atoms with Crippen molar-refractivity contribution in [2.75, 3.05) is 6.61 Å². The summed E-state index contributed by atoms with van der Waals surface area (Å²) in [7, 11) is 0. The highest BCUT2D eigenvalue weighted by molar-refractivity contribution is 6.32. The van der Waals surface area contributed by atoms with Crippen LogP contribution in [0.2, 0.25) is 5.02 Å². The lowest BCUT2D eigenvalue weighted by Crippen LogP contribution is -2.48. The molecule has 1 aromatic carbocycles. The summed E-state index contributed by atoms with van der Waals surface area (Å²) in [6, 6.07) is 5.25. The Labute approximate surface area is 147 Å². The summed E-state index contributed by atoms with van der Waals surface area (Å²) in [4.78, 5) is 58.7. The van der Waals surface area contributed by atoms with Crippen molar-refractivity contribution in [1.29, 1.82) is 0 Å². The third kappa shape index (κ3) is 4.87. The van der Waals surface area contributed by atoms with Gasteiger partial charge < -0.3 is 14.9 Å². The van der Waals surface area contributed by atoms with Crippen LogP contribution >= 0.6 is 11.6 Å². The number of carboxylic acid groups (broad SMARTS) is 2. The Bertz CT molecular complexity index is 727. The number of carboxylic acids is 2. The lowest BCUT2D eigenvalue weighted by atomic mass is 9.73. The quantitative estimate of drug-likeness (QED) is 0.380. The second-order valence-corrected chi connectivity index (χ2v) is 5.58. The van der Waals surface area contributed by atoms with Gasteiger partial charge in [-0.2, -0.15) is 0 Å². The Morgan fingerprint density at radius 2 is 1.80 bits per heavy atom. The smallest absolute Gasteiger partial charge is 0.325 e. The van der Waals surface area contributed by atoms with Gasteiger partial charge >= 0.3 is 17.9 Å². The van der Waals surface area contributed by atoms with Crippen molar-refractivity contribution >= 4 is 41.1 Å². The highest BCUT2D eigenvalue weighted by Crippen LogP contribution is 2.32. The van der Waals surface area contributed by atoms with E-state index in [-0.39, 0.29) is 10.6 Å². The molecule has 0 spiro atoms. The molecule has 25 heavy (non-hydrogen) atoms. The van der Waals surface area contributed by atoms with E-state index in [1.165, 1.54) is 24.3 Å². The van der Waals surface area contributed by atoms with Gasteiger partial charge in [-0.15, -0.1) is 0 Å². The molecule has 0 bridgehead atoms. The number of esters is 1. The first-order valence-electron chi connectivity index (χ1n) is 7.03. The van der Waals surface area contributed by atoms with Crippen LogP contribution in [0.4, 0.5) is 0 Å². The lowest BCUT2D eigenvalue weighted by Gasteiger charge is -2.26. The van der Waals surface area contributed by atoms with Crippen molar-refractivity contribution in [1.82, 2.24) is 0 Å². The number of Topliss-reactive ketones (excluding diaryl/α,β-unsaturated/α-hetero) is 2. The minimum atomic E-state index is -2.70. The number of hydrogen-bond acceptors (Lipinski definition) is 6. The molecule has 0 fully saturated rings. The monoisotopic (exact) mass is 370 g/mol. The fraction of sp³-hybridized carbons (Fsp3) is 0.312. The molecular formula is C16H15ClO8. The minimum Gasteiger partial charge on any atom is -0.481 e. The fourth-order valence-electron chi connectivity index (χ4n) is 2.16. The molecule has 0 saturated carbocycles. The lowest BCUT2D eigenvalue weighted by molar-refractivity contribution is -0.158. The van der Waals surface area contributed by atoms with Gasteiger partial charge in [0.25, 0.3) is 0 Å². The van der Waals surface area contributed by atoms with E-state index in [9.17, 15) is 29.1 Å². The number of carbonyl (C=O) groups is 5. The number of hydrogen-bond donors (Lipinski definition) is 2. The summed E-state index contributed by atoms with van der Waals surface area (Å²) in [6.07, 6.45) is -1.53. The standard InChI is InChI=1S/C16H15ClO8/c1-9(18)25-8-12(19)16(15(23)24,6-5-13(20)21)14(22)10-3-2-4-11(17)7-10/h2-4,7H,5-6,8H2,1H3,(H,20,21)(H,23,24). The summed E-state index contributed by atoms with van der Waals surface area (Å²) in [5.41, 5.74) is -2.87. The van der Waals surface area contributed by atoms with E-state index in [1.54, 1.807) is 0 Å². The third-order valence-corrected chi connectivity index (χ3v) is 3.67. The van der Waals surface area contributed by atoms with Crippen LogP contribution in [-0.2, 0) is 23.9 Å². The summed E-state index contributed by atoms with van der Waals surface area (Å²) in [6.45, 7) is 0.0410. The molecule has 0 heterocycles. The van der Waals surface area contributed by atoms with Crippen molar-refractivity contribution in [3.05, 3.63) is 34.9 Å². The maximum absolute atomic E-state index is 12.8. The van der Waals surface area contributed by atoms with Crippen molar-refractivity contribution in [2.24, 2.45) is 5.41 Å². The Balaban J connectivity index is 3.38. The molecule has 1 unspecified atom stereocenters. The zero-order chi connectivity index (χ0) is 19.2. The molecule has 1 atom stereocenters. The molecule has 9 heteroatoms. The van der Waals surface area contributed by atoms with Crippen LogP contribution in [0.15, 0.2) is 24.3 Å². The Hall–Kier alpha value is -2.74. The molecule has 0 amide bonds. The van der Waals surface area contributed by atoms with E-state index >= 15 is 0 Å². The van der Waals surface area contributed by atoms with E-state index in [0.717, 1.165) is 6.92 Å². The predicted molar refractivity (Wildman–Crippen MR) is 84.4 cm³/mol. The molecule has 2 N–H and O–H groups in total. The van der Waals surface area contributed by atoms with Crippen LogP contribution in [0, 0.1) is 5.41 Å². The highest BCUT2D eigenvalue weighted by atomic mass is 35.5. The van der Waals surface area contributed by atoms with Crippen molar-refractivity contribution in [2.45, 2.75) is 19.8 Å². The number of halogens is 1. The number of rotatable bonds is 9. The first-order chi connectivity index (χ1) is 11.6. The van der Waals surface area contributed by atoms with Crippen molar-refractivity contribution in [3.63, 3.8) is 0 Å². The van der Waals surface area contributed by atoms with Gasteiger partial charge in [-0.1, -0.05) is 23.7 Å². The molecule has 1 aromatic rings. The molecule has 0 aromatic heterocycles. The van der Waals surface area contributed by atoms with Crippen LogP contribution in [0.3, 0.4) is 0 Å². The van der Waals surface area contributed by atoms with E-state index in [1.807, 2.05) is 0 Å². The Kier molecular flexibility index (Phi) is 6.81. The predicted octanol–water partition coefficient (Wildman–Crippen LogP) is 1.59. The largest absolute Gasteiger partial charge is 0.481 e. The summed E-state index contributed by atoms with van der Waals surface area (Å²) in [5, 5.41) is 18.5. The average molecular weight is 371 g/mol. The van der Waals surface area contributed by atoms with Gasteiger partial charge in [-0.3, -0.25) is 24.0 Å². The van der Waals surface area contributed by atoms with Gasteiger partial charge in [0.05, 0.1) is 0 Å². The summed E-state index contributed by atoms with van der Waals surface area (Å²) in [5.74, 6) is -6.40. The average Bonchev–Trinajstić information content (AvgIpc) is 2.52. The molecule has 0 aliphatic rings. The van der Waals surface area contributed by atoms with Crippen LogP contribution in [-0.4, -0.2) is 46.3 Å². The van der Waals surface area contributed by atoms with Gasteiger partial charge in [-0.05, 0) is 18.6 Å². The normalized spacial score (nSPS) is 12.7. The molecule has 0 aliphatic heterocycles. The molecular weight excluding hydrogens is 356 g/mol. The van der Waals surface area contributed by atoms with Gasteiger partial charge in [0.2, 0.25) is 0 Å². The minimum absolute atomic E-state index is 0.135. The number of ketones is 2. The second kappa shape index (κ2) is 8.39. The maximum Gasteiger partial charge on any atom is 0.325 e. The number of benzene rings is 1. The second-order valence-electron chi connectivity index (χ2n) is 5.15. The SMILES string of the molecule is CC(=O)OCC(=O)C(CCC(=O)O)(C(=O)O)C(=O)c1cccc(Cl)c1. The first kappa shape index (κ1) is 20.3. The molecule has 0 radical (unpaired) electrons. The van der Waals surface area contributed by atoms with E-state index in [2.05, 4.69) is 4.74 Å². The topological polar surface area (TPSA) is 135 Å². The van der Waals surface area contributed by atoms with Crippen LogP contribution in [0.25, 0.3) is 0 Å². The highest BCUT2D eigenvalue weighted by Gasteiger charge is 2.53. The Morgan fingerprint density at radius 1 is 1.16 bits per heavy atom.